The van der Waals surface area contributed by atoms with Gasteiger partial charge in [0, 0.05) is 18.5 Å². The van der Waals surface area contributed by atoms with E-state index >= 15 is 0 Å². The van der Waals surface area contributed by atoms with Gasteiger partial charge in [-0.25, -0.2) is 0 Å². The number of nitrogens with one attached hydrogen (secondary N) is 1. The van der Waals surface area contributed by atoms with E-state index in [9.17, 15) is 0 Å². The average Bonchev–Trinajstić information content (AvgIpc) is 2.18. The fraction of sp³-hybridized carbons (Fsp3) is 0.538. The van der Waals surface area contributed by atoms with Gasteiger partial charge in [-0.3, -0.25) is 0 Å². The molecule has 1 rings (SSSR count). The van der Waals surface area contributed by atoms with Crippen molar-refractivity contribution in [1.29, 1.82) is 0 Å². The Bertz CT molecular complexity index is 286. The van der Waals surface area contributed by atoms with Crippen LogP contribution in [-0.2, 0) is 6.54 Å². The molecule has 0 aliphatic heterocycles. The molecule has 0 aliphatic rings. The van der Waals surface area contributed by atoms with Gasteiger partial charge in [0.2, 0.25) is 0 Å². The molecule has 1 aromatic rings. The zero-order valence-electron chi connectivity index (χ0n) is 9.59. The minimum atomic E-state index is 0.264. The summed E-state index contributed by atoms with van der Waals surface area (Å²) in [5, 5.41) is 3.65. The predicted molar refractivity (Wildman–Crippen MR) is 67.4 cm³/mol. The van der Waals surface area contributed by atoms with Crippen molar-refractivity contribution in [3.05, 3.63) is 35.4 Å². The molecule has 0 aromatic heterocycles. The largest absolute Gasteiger partial charge is 0.311 e. The van der Waals surface area contributed by atoms with Crippen LogP contribution in [0, 0.1) is 6.92 Å². The van der Waals surface area contributed by atoms with Gasteiger partial charge < -0.3 is 5.32 Å². The Morgan fingerprint density at radius 3 is 2.87 bits per heavy atom. The summed E-state index contributed by atoms with van der Waals surface area (Å²) in [6, 6.07) is 8.56. The molecule has 0 bridgehead atoms. The molecular formula is C13H20ClN. The first-order chi connectivity index (χ1) is 7.22. The summed E-state index contributed by atoms with van der Waals surface area (Å²) < 4.78 is 0. The van der Waals surface area contributed by atoms with Gasteiger partial charge in [-0.15, -0.1) is 11.6 Å². The number of hydrogen-bond donors (Lipinski definition) is 1. The maximum Gasteiger partial charge on any atom is 0.0460 e. The smallest absolute Gasteiger partial charge is 0.0460 e. The Kier molecular flexibility index (Phi) is 5.74. The molecule has 84 valence electrons. The maximum atomic E-state index is 6.12. The van der Waals surface area contributed by atoms with Crippen molar-refractivity contribution in [2.45, 2.75) is 38.6 Å². The normalized spacial score (nSPS) is 12.7. The minimum Gasteiger partial charge on any atom is -0.311 e. The lowest BCUT2D eigenvalue weighted by Crippen LogP contribution is -2.22. The van der Waals surface area contributed by atoms with Crippen LogP contribution < -0.4 is 5.32 Å². The van der Waals surface area contributed by atoms with Crippen molar-refractivity contribution in [2.24, 2.45) is 0 Å². The molecule has 0 fully saturated rings. The van der Waals surface area contributed by atoms with Crippen LogP contribution in [0.1, 0.15) is 30.9 Å². The second kappa shape index (κ2) is 6.86. The third-order valence-corrected chi connectivity index (χ3v) is 2.75. The molecule has 1 unspecified atom stereocenters. The van der Waals surface area contributed by atoms with Crippen LogP contribution in [0.3, 0.4) is 0 Å². The van der Waals surface area contributed by atoms with E-state index in [1.54, 1.807) is 0 Å². The summed E-state index contributed by atoms with van der Waals surface area (Å²) in [6.45, 7) is 6.08. The quantitative estimate of drug-likeness (QED) is 0.731. The lowest BCUT2D eigenvalue weighted by molar-refractivity contribution is 0.623. The summed E-state index contributed by atoms with van der Waals surface area (Å²) in [5.41, 5.74) is 2.64. The van der Waals surface area contributed by atoms with E-state index in [0.29, 0.717) is 0 Å². The lowest BCUT2D eigenvalue weighted by Gasteiger charge is -2.09. The predicted octanol–water partition coefficient (Wildman–Crippen LogP) is 3.49. The SMILES string of the molecule is CCCC(Cl)CNCc1cccc(C)c1. The zero-order valence-corrected chi connectivity index (χ0v) is 10.3. The molecule has 1 aromatic carbocycles. The van der Waals surface area contributed by atoms with Crippen molar-refractivity contribution in [1.82, 2.24) is 5.32 Å². The summed E-state index contributed by atoms with van der Waals surface area (Å²) in [6.07, 6.45) is 2.24. The van der Waals surface area contributed by atoms with Gasteiger partial charge in [-0.2, -0.15) is 0 Å². The molecular weight excluding hydrogens is 206 g/mol. The molecule has 0 saturated carbocycles. The molecule has 1 atom stereocenters. The van der Waals surface area contributed by atoms with E-state index in [1.165, 1.54) is 11.1 Å². The Balaban J connectivity index is 2.25. The molecule has 15 heavy (non-hydrogen) atoms. The summed E-state index contributed by atoms with van der Waals surface area (Å²) in [5.74, 6) is 0. The minimum absolute atomic E-state index is 0.264. The third-order valence-electron chi connectivity index (χ3n) is 2.38. The molecule has 1 nitrogen and oxygen atoms in total. The van der Waals surface area contributed by atoms with Gasteiger partial charge >= 0.3 is 0 Å². The van der Waals surface area contributed by atoms with Crippen molar-refractivity contribution in [3.63, 3.8) is 0 Å². The lowest BCUT2D eigenvalue weighted by atomic mass is 10.1. The van der Waals surface area contributed by atoms with Gasteiger partial charge in [-0.1, -0.05) is 43.2 Å². The van der Waals surface area contributed by atoms with Crippen LogP contribution in [0.15, 0.2) is 24.3 Å². The fourth-order valence-electron chi connectivity index (χ4n) is 1.61. The van der Waals surface area contributed by atoms with Crippen LogP contribution >= 0.6 is 11.6 Å². The molecule has 0 radical (unpaired) electrons. The van der Waals surface area contributed by atoms with Crippen LogP contribution in [0.2, 0.25) is 0 Å². The standard InChI is InChI=1S/C13H20ClN/c1-3-5-13(14)10-15-9-12-7-4-6-11(2)8-12/h4,6-8,13,15H,3,5,9-10H2,1-2H3. The van der Waals surface area contributed by atoms with Crippen molar-refractivity contribution >= 4 is 11.6 Å². The van der Waals surface area contributed by atoms with E-state index in [1.807, 2.05) is 0 Å². The molecule has 0 saturated heterocycles. The van der Waals surface area contributed by atoms with Crippen molar-refractivity contribution < 1.29 is 0 Å². The summed E-state index contributed by atoms with van der Waals surface area (Å²) in [7, 11) is 0. The number of alkyl halides is 1. The molecule has 0 heterocycles. The van der Waals surface area contributed by atoms with E-state index in [4.69, 9.17) is 11.6 Å². The molecule has 2 heteroatoms. The summed E-state index contributed by atoms with van der Waals surface area (Å²) >= 11 is 6.12. The Morgan fingerprint density at radius 2 is 2.20 bits per heavy atom. The van der Waals surface area contributed by atoms with E-state index in [2.05, 4.69) is 43.4 Å². The number of hydrogen-bond acceptors (Lipinski definition) is 1. The number of rotatable bonds is 6. The van der Waals surface area contributed by atoms with Gasteiger partial charge in [-0.05, 0) is 18.9 Å². The van der Waals surface area contributed by atoms with Gasteiger partial charge in [0.15, 0.2) is 0 Å². The van der Waals surface area contributed by atoms with E-state index in [-0.39, 0.29) is 5.38 Å². The topological polar surface area (TPSA) is 12.0 Å². The maximum absolute atomic E-state index is 6.12. The van der Waals surface area contributed by atoms with Gasteiger partial charge in [0.05, 0.1) is 0 Å². The monoisotopic (exact) mass is 225 g/mol. The van der Waals surface area contributed by atoms with Crippen LogP contribution in [0.4, 0.5) is 0 Å². The van der Waals surface area contributed by atoms with E-state index < -0.39 is 0 Å². The first-order valence-electron chi connectivity index (χ1n) is 5.62. The number of halogens is 1. The Labute approximate surface area is 97.8 Å². The number of aryl methyl sites for hydroxylation is 1. The molecule has 0 amide bonds. The van der Waals surface area contributed by atoms with Gasteiger partial charge in [0.25, 0.3) is 0 Å². The van der Waals surface area contributed by atoms with Crippen LogP contribution in [-0.4, -0.2) is 11.9 Å². The molecule has 1 N–H and O–H groups in total. The van der Waals surface area contributed by atoms with E-state index in [0.717, 1.165) is 25.9 Å². The van der Waals surface area contributed by atoms with Crippen LogP contribution in [0.5, 0.6) is 0 Å². The highest BCUT2D eigenvalue weighted by Gasteiger charge is 2.01. The second-order valence-corrected chi connectivity index (χ2v) is 4.62. The number of benzene rings is 1. The first kappa shape index (κ1) is 12.5. The molecule has 0 aliphatic carbocycles. The Hall–Kier alpha value is -0.530. The van der Waals surface area contributed by atoms with Crippen molar-refractivity contribution in [3.8, 4) is 0 Å². The highest BCUT2D eigenvalue weighted by atomic mass is 35.5. The van der Waals surface area contributed by atoms with Gasteiger partial charge in [0.1, 0.15) is 0 Å². The van der Waals surface area contributed by atoms with Crippen molar-refractivity contribution in [2.75, 3.05) is 6.54 Å². The highest BCUT2D eigenvalue weighted by Crippen LogP contribution is 2.05. The first-order valence-corrected chi connectivity index (χ1v) is 6.06. The highest BCUT2D eigenvalue weighted by molar-refractivity contribution is 6.20. The average molecular weight is 226 g/mol. The molecule has 0 spiro atoms. The third kappa shape index (κ3) is 5.19. The fourth-order valence-corrected chi connectivity index (χ4v) is 1.94. The Morgan fingerprint density at radius 1 is 1.40 bits per heavy atom. The van der Waals surface area contributed by atoms with Crippen LogP contribution in [0.25, 0.3) is 0 Å². The second-order valence-electron chi connectivity index (χ2n) is 4.01. The zero-order chi connectivity index (χ0) is 11.1. The summed E-state index contributed by atoms with van der Waals surface area (Å²) in [4.78, 5) is 0.